The van der Waals surface area contributed by atoms with Crippen molar-refractivity contribution in [1.82, 2.24) is 19.9 Å². The Hall–Kier alpha value is -1.60. The molecule has 114 valence electrons. The van der Waals surface area contributed by atoms with E-state index >= 15 is 0 Å². The van der Waals surface area contributed by atoms with Crippen molar-refractivity contribution in [2.24, 2.45) is 0 Å². The second-order valence-electron chi connectivity index (χ2n) is 5.07. The first-order valence-electron chi connectivity index (χ1n) is 6.98. The zero-order valence-corrected chi connectivity index (χ0v) is 13.1. The number of nitrogens with zero attached hydrogens (tertiary/aromatic N) is 3. The highest BCUT2D eigenvalue weighted by Crippen LogP contribution is 2.21. The van der Waals surface area contributed by atoms with Crippen molar-refractivity contribution in [3.05, 3.63) is 24.4 Å². The number of hydrogen-bond acceptors (Lipinski definition) is 5. The van der Waals surface area contributed by atoms with Gasteiger partial charge in [0.2, 0.25) is 0 Å². The molecule has 0 aliphatic carbocycles. The summed E-state index contributed by atoms with van der Waals surface area (Å²) in [5, 5.41) is 21.5. The molecule has 2 aromatic rings. The lowest BCUT2D eigenvalue weighted by molar-refractivity contribution is -0.144. The SMILES string of the molecule is CCCNC(C)(CCSc1nnc2ccccn12)C(=O)O. The highest BCUT2D eigenvalue weighted by atomic mass is 32.2. The number of aliphatic carboxylic acids is 1. The van der Waals surface area contributed by atoms with E-state index in [1.54, 1.807) is 6.92 Å². The first-order valence-corrected chi connectivity index (χ1v) is 7.96. The fraction of sp³-hybridized carbons (Fsp3) is 0.500. The summed E-state index contributed by atoms with van der Waals surface area (Å²) >= 11 is 1.52. The van der Waals surface area contributed by atoms with Gasteiger partial charge in [-0.2, -0.15) is 0 Å². The molecular weight excluding hydrogens is 288 g/mol. The topological polar surface area (TPSA) is 79.5 Å². The first-order chi connectivity index (χ1) is 10.1. The summed E-state index contributed by atoms with van der Waals surface area (Å²) in [6, 6.07) is 5.72. The third-order valence-corrected chi connectivity index (χ3v) is 4.30. The number of carbonyl (C=O) groups is 1. The van der Waals surface area contributed by atoms with Gasteiger partial charge in [0.1, 0.15) is 5.54 Å². The van der Waals surface area contributed by atoms with E-state index in [-0.39, 0.29) is 0 Å². The fourth-order valence-electron chi connectivity index (χ4n) is 1.94. The molecule has 2 N–H and O–H groups in total. The molecule has 2 heterocycles. The van der Waals surface area contributed by atoms with E-state index in [1.807, 2.05) is 35.7 Å². The standard InChI is InChI=1S/C14H20N4O2S/c1-3-8-15-14(2,12(19)20)7-10-21-13-17-16-11-6-4-5-9-18(11)13/h4-6,9,15H,3,7-8,10H2,1-2H3,(H,19,20). The average Bonchev–Trinajstić information content (AvgIpc) is 2.88. The summed E-state index contributed by atoms with van der Waals surface area (Å²) < 4.78 is 1.91. The number of aromatic nitrogens is 3. The van der Waals surface area contributed by atoms with E-state index in [2.05, 4.69) is 15.5 Å². The van der Waals surface area contributed by atoms with Crippen LogP contribution in [0.25, 0.3) is 5.65 Å². The summed E-state index contributed by atoms with van der Waals surface area (Å²) in [5.74, 6) is -0.155. The van der Waals surface area contributed by atoms with Gasteiger partial charge in [0.15, 0.2) is 10.8 Å². The van der Waals surface area contributed by atoms with Crippen LogP contribution in [0.5, 0.6) is 0 Å². The summed E-state index contributed by atoms with van der Waals surface area (Å²) in [4.78, 5) is 11.4. The number of carboxylic acids is 1. The summed E-state index contributed by atoms with van der Waals surface area (Å²) in [6.45, 7) is 4.45. The van der Waals surface area contributed by atoms with Crippen LogP contribution < -0.4 is 5.32 Å². The third-order valence-electron chi connectivity index (χ3n) is 3.35. The van der Waals surface area contributed by atoms with E-state index < -0.39 is 11.5 Å². The van der Waals surface area contributed by atoms with Gasteiger partial charge >= 0.3 is 5.97 Å². The van der Waals surface area contributed by atoms with Crippen molar-refractivity contribution < 1.29 is 9.90 Å². The lowest BCUT2D eigenvalue weighted by atomic mass is 9.99. The predicted molar refractivity (Wildman–Crippen MR) is 82.7 cm³/mol. The predicted octanol–water partition coefficient (Wildman–Crippen LogP) is 2.05. The van der Waals surface area contributed by atoms with Crippen LogP contribution in [0, 0.1) is 0 Å². The Balaban J connectivity index is 1.97. The van der Waals surface area contributed by atoms with E-state index in [0.29, 0.717) is 18.7 Å². The smallest absolute Gasteiger partial charge is 0.323 e. The molecule has 0 aromatic carbocycles. The van der Waals surface area contributed by atoms with E-state index in [9.17, 15) is 9.90 Å². The minimum absolute atomic E-state index is 0.523. The molecular formula is C14H20N4O2S. The van der Waals surface area contributed by atoms with Gasteiger partial charge in [-0.1, -0.05) is 24.8 Å². The highest BCUT2D eigenvalue weighted by Gasteiger charge is 2.31. The molecule has 0 bridgehead atoms. The van der Waals surface area contributed by atoms with E-state index in [1.165, 1.54) is 11.8 Å². The molecule has 1 unspecified atom stereocenters. The Morgan fingerprint density at radius 2 is 2.29 bits per heavy atom. The van der Waals surface area contributed by atoms with Gasteiger partial charge in [-0.3, -0.25) is 9.20 Å². The van der Waals surface area contributed by atoms with Crippen LogP contribution in [0.4, 0.5) is 0 Å². The number of pyridine rings is 1. The number of carboxylic acid groups (broad SMARTS) is 1. The van der Waals surface area contributed by atoms with Gasteiger partial charge in [-0.15, -0.1) is 10.2 Å². The van der Waals surface area contributed by atoms with Crippen LogP contribution in [-0.4, -0.2) is 43.5 Å². The maximum atomic E-state index is 11.4. The lowest BCUT2D eigenvalue weighted by Gasteiger charge is -2.25. The van der Waals surface area contributed by atoms with Crippen molar-refractivity contribution in [1.29, 1.82) is 0 Å². The number of thioether (sulfide) groups is 1. The summed E-state index contributed by atoms with van der Waals surface area (Å²) in [6.07, 6.45) is 3.34. The molecule has 0 fully saturated rings. The molecule has 1 atom stereocenters. The van der Waals surface area contributed by atoms with Gasteiger partial charge in [-0.25, -0.2) is 0 Å². The van der Waals surface area contributed by atoms with Gasteiger partial charge in [0.25, 0.3) is 0 Å². The molecule has 2 rings (SSSR count). The molecule has 0 saturated carbocycles. The molecule has 0 amide bonds. The van der Waals surface area contributed by atoms with Crippen molar-refractivity contribution in [3.63, 3.8) is 0 Å². The quantitative estimate of drug-likeness (QED) is 0.727. The van der Waals surface area contributed by atoms with E-state index in [0.717, 1.165) is 17.2 Å². The van der Waals surface area contributed by atoms with Crippen LogP contribution >= 0.6 is 11.8 Å². The number of nitrogens with one attached hydrogen (secondary N) is 1. The maximum absolute atomic E-state index is 11.4. The minimum Gasteiger partial charge on any atom is -0.480 e. The molecule has 0 aliphatic rings. The molecule has 0 saturated heterocycles. The van der Waals surface area contributed by atoms with E-state index in [4.69, 9.17) is 0 Å². The molecule has 0 spiro atoms. The van der Waals surface area contributed by atoms with Crippen LogP contribution in [0.3, 0.4) is 0 Å². The van der Waals surface area contributed by atoms with Crippen LogP contribution in [0.1, 0.15) is 26.7 Å². The Kier molecular flexibility index (Phi) is 5.19. The van der Waals surface area contributed by atoms with Crippen molar-refractivity contribution >= 4 is 23.4 Å². The molecule has 7 heteroatoms. The summed E-state index contributed by atoms with van der Waals surface area (Å²) in [7, 11) is 0. The fourth-order valence-corrected chi connectivity index (χ4v) is 3.02. The third kappa shape index (κ3) is 3.74. The number of fused-ring (bicyclic) bond motifs is 1. The normalized spacial score (nSPS) is 14.2. The van der Waals surface area contributed by atoms with Crippen molar-refractivity contribution in [2.45, 2.75) is 37.4 Å². The molecule has 6 nitrogen and oxygen atoms in total. The number of hydrogen-bond donors (Lipinski definition) is 2. The average molecular weight is 308 g/mol. The highest BCUT2D eigenvalue weighted by molar-refractivity contribution is 7.99. The lowest BCUT2D eigenvalue weighted by Crippen LogP contribution is -2.50. The van der Waals surface area contributed by atoms with Crippen molar-refractivity contribution in [2.75, 3.05) is 12.3 Å². The zero-order valence-electron chi connectivity index (χ0n) is 12.2. The Morgan fingerprint density at radius 3 is 3.00 bits per heavy atom. The first kappa shape index (κ1) is 15.8. The Bertz CT molecular complexity index is 616. The second kappa shape index (κ2) is 6.91. The Labute approximate surface area is 128 Å². The van der Waals surface area contributed by atoms with Crippen LogP contribution in [0.2, 0.25) is 0 Å². The summed E-state index contributed by atoms with van der Waals surface area (Å²) in [5.41, 5.74) is -0.103. The minimum atomic E-state index is -0.899. The largest absolute Gasteiger partial charge is 0.480 e. The van der Waals surface area contributed by atoms with Crippen LogP contribution in [0.15, 0.2) is 29.6 Å². The van der Waals surface area contributed by atoms with Gasteiger partial charge < -0.3 is 10.4 Å². The molecule has 2 aromatic heterocycles. The van der Waals surface area contributed by atoms with Gasteiger partial charge in [0, 0.05) is 11.9 Å². The molecule has 0 radical (unpaired) electrons. The monoisotopic (exact) mass is 308 g/mol. The molecule has 0 aliphatic heterocycles. The maximum Gasteiger partial charge on any atom is 0.323 e. The molecule has 21 heavy (non-hydrogen) atoms. The Morgan fingerprint density at radius 1 is 1.48 bits per heavy atom. The van der Waals surface area contributed by atoms with Gasteiger partial charge in [-0.05, 0) is 38.4 Å². The number of rotatable bonds is 8. The van der Waals surface area contributed by atoms with Crippen LogP contribution in [-0.2, 0) is 4.79 Å². The van der Waals surface area contributed by atoms with Gasteiger partial charge in [0.05, 0.1) is 0 Å². The second-order valence-corrected chi connectivity index (χ2v) is 6.14. The zero-order chi connectivity index (χ0) is 15.3. The van der Waals surface area contributed by atoms with Crippen molar-refractivity contribution in [3.8, 4) is 0 Å².